The predicted octanol–water partition coefficient (Wildman–Crippen LogP) is 4.00. The maximum Gasteiger partial charge on any atom is 0.0654 e. The van der Waals surface area contributed by atoms with E-state index in [1.54, 1.807) is 0 Å². The van der Waals surface area contributed by atoms with Gasteiger partial charge in [-0.2, -0.15) is 0 Å². The molecule has 0 atom stereocenters. The first-order chi connectivity index (χ1) is 6.53. The van der Waals surface area contributed by atoms with E-state index in [9.17, 15) is 0 Å². The van der Waals surface area contributed by atoms with Gasteiger partial charge in [0.1, 0.15) is 0 Å². The normalized spacial score (nSPS) is 11.4. The van der Waals surface area contributed by atoms with Gasteiger partial charge in [0.25, 0.3) is 0 Å². The second-order valence-corrected chi connectivity index (χ2v) is 4.85. The van der Waals surface area contributed by atoms with E-state index in [0.717, 1.165) is 12.1 Å². The van der Waals surface area contributed by atoms with Crippen molar-refractivity contribution in [1.29, 1.82) is 0 Å². The second-order valence-electron chi connectivity index (χ2n) is 4.85. The molecule has 0 fully saturated rings. The molecule has 0 bridgehead atoms. The second kappa shape index (κ2) is 4.41. The molecule has 0 unspecified atom stereocenters. The van der Waals surface area contributed by atoms with Gasteiger partial charge in [0.15, 0.2) is 0 Å². The number of benzene rings is 1. The smallest absolute Gasteiger partial charge is 0.0654 e. The Labute approximate surface area is 86.9 Å². The third-order valence-electron chi connectivity index (χ3n) is 2.31. The largest absolute Gasteiger partial charge is 0.264 e. The molecule has 0 radical (unpaired) electrons. The highest BCUT2D eigenvalue weighted by Gasteiger charge is 2.10. The first-order valence-electron chi connectivity index (χ1n) is 5.07. The molecule has 0 aliphatic carbocycles. The van der Waals surface area contributed by atoms with Gasteiger partial charge in [-0.1, -0.05) is 39.0 Å². The van der Waals surface area contributed by atoms with Gasteiger partial charge < -0.3 is 0 Å². The fourth-order valence-corrected chi connectivity index (χ4v) is 1.39. The molecule has 0 aliphatic heterocycles. The van der Waals surface area contributed by atoms with Crippen LogP contribution in [0, 0.1) is 5.41 Å². The Morgan fingerprint density at radius 1 is 1.21 bits per heavy atom. The maximum absolute atomic E-state index is 4.02. The Morgan fingerprint density at radius 3 is 2.43 bits per heavy atom. The molecule has 76 valence electrons. The molecule has 0 N–H and O–H groups in total. The molecule has 0 spiro atoms. The summed E-state index contributed by atoms with van der Waals surface area (Å²) in [7, 11) is 0. The lowest BCUT2D eigenvalue weighted by Gasteiger charge is -2.18. The van der Waals surface area contributed by atoms with Gasteiger partial charge >= 0.3 is 0 Å². The third-order valence-corrected chi connectivity index (χ3v) is 2.31. The van der Waals surface area contributed by atoms with Crippen LogP contribution in [0.4, 0.5) is 5.69 Å². The summed E-state index contributed by atoms with van der Waals surface area (Å²) in [4.78, 5) is 4.02. The van der Waals surface area contributed by atoms with Crippen molar-refractivity contribution in [2.45, 2.75) is 33.6 Å². The van der Waals surface area contributed by atoms with Gasteiger partial charge in [-0.15, -0.1) is 0 Å². The van der Waals surface area contributed by atoms with Crippen LogP contribution in [0.15, 0.2) is 29.3 Å². The maximum atomic E-state index is 4.02. The number of rotatable bonds is 3. The summed E-state index contributed by atoms with van der Waals surface area (Å²) in [5, 5.41) is 0. The van der Waals surface area contributed by atoms with Crippen molar-refractivity contribution in [1.82, 2.24) is 0 Å². The first-order valence-corrected chi connectivity index (χ1v) is 5.07. The molecule has 14 heavy (non-hydrogen) atoms. The summed E-state index contributed by atoms with van der Waals surface area (Å²) >= 11 is 0. The molecule has 1 aromatic carbocycles. The number of aryl methyl sites for hydroxylation is 1. The van der Waals surface area contributed by atoms with Crippen LogP contribution in [0.5, 0.6) is 0 Å². The lowest BCUT2D eigenvalue weighted by molar-refractivity contribution is 0.378. The molecule has 0 amide bonds. The van der Waals surface area contributed by atoms with Crippen molar-refractivity contribution < 1.29 is 0 Å². The van der Waals surface area contributed by atoms with E-state index in [4.69, 9.17) is 0 Å². The van der Waals surface area contributed by atoms with E-state index < -0.39 is 0 Å². The molecule has 0 aromatic heterocycles. The van der Waals surface area contributed by atoms with Crippen LogP contribution >= 0.6 is 0 Å². The van der Waals surface area contributed by atoms with E-state index in [2.05, 4.69) is 44.6 Å². The average molecular weight is 189 g/mol. The summed E-state index contributed by atoms with van der Waals surface area (Å²) < 4.78 is 0. The summed E-state index contributed by atoms with van der Waals surface area (Å²) in [6, 6.07) is 8.22. The van der Waals surface area contributed by atoms with Crippen LogP contribution in [0.3, 0.4) is 0 Å². The third kappa shape index (κ3) is 3.33. The van der Waals surface area contributed by atoms with Crippen molar-refractivity contribution in [2.24, 2.45) is 10.4 Å². The lowest BCUT2D eigenvalue weighted by Crippen LogP contribution is -2.06. The standard InChI is InChI=1S/C13H19N/c1-13(2,3)10-9-11-7-5-6-8-12(11)14-4/h5-8H,4,9-10H2,1-3H3. The van der Waals surface area contributed by atoms with E-state index in [1.807, 2.05) is 12.1 Å². The van der Waals surface area contributed by atoms with Gasteiger partial charge in [-0.05, 0) is 36.6 Å². The minimum atomic E-state index is 0.383. The molecule has 1 aromatic rings. The average Bonchev–Trinajstić information content (AvgIpc) is 2.14. The molecule has 0 aliphatic rings. The molecule has 0 saturated heterocycles. The minimum absolute atomic E-state index is 0.383. The van der Waals surface area contributed by atoms with Crippen LogP contribution in [-0.4, -0.2) is 6.72 Å². The molecule has 1 heteroatoms. The first kappa shape index (κ1) is 11.0. The van der Waals surface area contributed by atoms with Gasteiger partial charge in [0, 0.05) is 0 Å². The molecule has 1 nitrogen and oxygen atoms in total. The van der Waals surface area contributed by atoms with Crippen molar-refractivity contribution in [3.05, 3.63) is 29.8 Å². The van der Waals surface area contributed by atoms with E-state index in [0.29, 0.717) is 5.41 Å². The van der Waals surface area contributed by atoms with E-state index >= 15 is 0 Å². The zero-order valence-corrected chi connectivity index (χ0v) is 9.38. The molecule has 0 saturated carbocycles. The van der Waals surface area contributed by atoms with Crippen molar-refractivity contribution in [3.63, 3.8) is 0 Å². The summed E-state index contributed by atoms with van der Waals surface area (Å²) in [6.07, 6.45) is 2.26. The Bertz CT molecular complexity index is 307. The lowest BCUT2D eigenvalue weighted by atomic mass is 9.88. The van der Waals surface area contributed by atoms with E-state index in [1.165, 1.54) is 12.0 Å². The van der Waals surface area contributed by atoms with Gasteiger partial charge in [-0.3, -0.25) is 4.99 Å². The Kier molecular flexibility index (Phi) is 3.45. The van der Waals surface area contributed by atoms with Crippen molar-refractivity contribution >= 4 is 12.4 Å². The van der Waals surface area contributed by atoms with E-state index in [-0.39, 0.29) is 0 Å². The highest BCUT2D eigenvalue weighted by Crippen LogP contribution is 2.25. The highest BCUT2D eigenvalue weighted by atomic mass is 14.7. The summed E-state index contributed by atoms with van der Waals surface area (Å²) in [5.74, 6) is 0. The number of aliphatic imine (C=N–C) groups is 1. The zero-order valence-electron chi connectivity index (χ0n) is 9.38. The summed E-state index contributed by atoms with van der Waals surface area (Å²) in [6.45, 7) is 10.4. The number of para-hydroxylation sites is 1. The Hall–Kier alpha value is -1.11. The van der Waals surface area contributed by atoms with Gasteiger partial charge in [0.2, 0.25) is 0 Å². The number of nitrogens with zero attached hydrogens (tertiary/aromatic N) is 1. The van der Waals surface area contributed by atoms with Crippen LogP contribution < -0.4 is 0 Å². The SMILES string of the molecule is C=Nc1ccccc1CCC(C)(C)C. The summed E-state index contributed by atoms with van der Waals surface area (Å²) in [5.41, 5.74) is 2.71. The fraction of sp³-hybridized carbons (Fsp3) is 0.462. The van der Waals surface area contributed by atoms with Gasteiger partial charge in [0.05, 0.1) is 5.69 Å². The van der Waals surface area contributed by atoms with Crippen molar-refractivity contribution in [2.75, 3.05) is 0 Å². The molecule has 0 heterocycles. The minimum Gasteiger partial charge on any atom is -0.264 e. The predicted molar refractivity (Wildman–Crippen MR) is 63.4 cm³/mol. The quantitative estimate of drug-likeness (QED) is 0.637. The Morgan fingerprint density at radius 2 is 1.86 bits per heavy atom. The number of hydrogen-bond acceptors (Lipinski definition) is 1. The molecular formula is C13H19N. The fourth-order valence-electron chi connectivity index (χ4n) is 1.39. The molecular weight excluding hydrogens is 170 g/mol. The van der Waals surface area contributed by atoms with Gasteiger partial charge in [-0.25, -0.2) is 0 Å². The Balaban J connectivity index is 2.71. The monoisotopic (exact) mass is 189 g/mol. The van der Waals surface area contributed by atoms with Crippen LogP contribution in [0.2, 0.25) is 0 Å². The highest BCUT2D eigenvalue weighted by molar-refractivity contribution is 5.51. The molecule has 1 rings (SSSR count). The number of hydrogen-bond donors (Lipinski definition) is 0. The zero-order chi connectivity index (χ0) is 10.6. The topological polar surface area (TPSA) is 12.4 Å². The van der Waals surface area contributed by atoms with Crippen LogP contribution in [0.25, 0.3) is 0 Å². The van der Waals surface area contributed by atoms with Crippen molar-refractivity contribution in [3.8, 4) is 0 Å². The van der Waals surface area contributed by atoms with Crippen LogP contribution in [0.1, 0.15) is 32.8 Å². The van der Waals surface area contributed by atoms with Crippen LogP contribution in [-0.2, 0) is 6.42 Å².